The van der Waals surface area contributed by atoms with E-state index >= 15 is 0 Å². The lowest BCUT2D eigenvalue weighted by atomic mass is 10.0. The van der Waals surface area contributed by atoms with E-state index < -0.39 is 0 Å². The van der Waals surface area contributed by atoms with Gasteiger partial charge < -0.3 is 4.57 Å². The maximum Gasteiger partial charge on any atom is 0.165 e. The lowest BCUT2D eigenvalue weighted by Gasteiger charge is -2.14. The van der Waals surface area contributed by atoms with Gasteiger partial charge in [-0.3, -0.25) is 0 Å². The Bertz CT molecular complexity index is 3450. The van der Waals surface area contributed by atoms with E-state index in [1.165, 1.54) is 42.5 Å². The molecule has 0 amide bonds. The summed E-state index contributed by atoms with van der Waals surface area (Å²) in [6.07, 6.45) is 0. The summed E-state index contributed by atoms with van der Waals surface area (Å²) in [6.45, 7) is 0. The van der Waals surface area contributed by atoms with Crippen LogP contribution in [-0.4, -0.2) is 19.5 Å². The number of hydrogen-bond donors (Lipinski definition) is 0. The molecule has 5 heteroatoms. The summed E-state index contributed by atoms with van der Waals surface area (Å²) in [4.78, 5) is 16.1. The van der Waals surface area contributed by atoms with Gasteiger partial charge in [-0.25, -0.2) is 15.0 Å². The first-order valence-corrected chi connectivity index (χ1v) is 19.7. The van der Waals surface area contributed by atoms with Crippen LogP contribution in [0.3, 0.4) is 0 Å². The van der Waals surface area contributed by atoms with Gasteiger partial charge in [-0.2, -0.15) is 0 Å². The fraction of sp³-hybridized carbons (Fsp3) is 0. The van der Waals surface area contributed by atoms with E-state index in [1.807, 2.05) is 0 Å². The van der Waals surface area contributed by atoms with Crippen molar-refractivity contribution in [3.05, 3.63) is 182 Å². The van der Waals surface area contributed by atoms with Crippen LogP contribution >= 0.6 is 11.3 Å². The second-order valence-electron chi connectivity index (χ2n) is 14.4. The first-order chi connectivity index (χ1) is 27.7. The molecule has 56 heavy (non-hydrogen) atoms. The molecule has 0 saturated heterocycles. The summed E-state index contributed by atoms with van der Waals surface area (Å²) < 4.78 is 4.80. The standard InChI is InChI=1S/C51H30N4S/c1-2-16-34-28-46-42(27-33(34)15-1)38-21-7-9-25-45(38)55(46)35-29-43-39-22-8-10-26-47(39)56-48(43)44(30-35)51-53-49(40-23-11-17-31-13-3-5-19-36(31)40)52-50(54-51)41-24-12-18-32-14-4-6-20-37(32)41/h1-30H. The summed E-state index contributed by atoms with van der Waals surface area (Å²) in [7, 11) is 0. The van der Waals surface area contributed by atoms with Crippen LogP contribution in [0.1, 0.15) is 0 Å². The highest BCUT2D eigenvalue weighted by molar-refractivity contribution is 7.26. The largest absolute Gasteiger partial charge is 0.309 e. The Kier molecular flexibility index (Phi) is 6.76. The number of rotatable bonds is 4. The molecule has 3 aromatic heterocycles. The van der Waals surface area contributed by atoms with E-state index in [0.717, 1.165) is 54.1 Å². The van der Waals surface area contributed by atoms with Crippen LogP contribution in [0.2, 0.25) is 0 Å². The van der Waals surface area contributed by atoms with Crippen LogP contribution < -0.4 is 0 Å². The molecule has 9 aromatic carbocycles. The van der Waals surface area contributed by atoms with E-state index in [1.54, 1.807) is 11.3 Å². The lowest BCUT2D eigenvalue weighted by Crippen LogP contribution is -2.02. The maximum absolute atomic E-state index is 5.41. The molecule has 0 saturated carbocycles. The molecule has 0 aliphatic rings. The third-order valence-electron chi connectivity index (χ3n) is 11.2. The van der Waals surface area contributed by atoms with E-state index in [0.29, 0.717) is 17.5 Å². The predicted molar refractivity (Wildman–Crippen MR) is 236 cm³/mol. The van der Waals surface area contributed by atoms with Gasteiger partial charge in [0.2, 0.25) is 0 Å². The van der Waals surface area contributed by atoms with E-state index in [-0.39, 0.29) is 0 Å². The average Bonchev–Trinajstić information content (AvgIpc) is 3.80. The van der Waals surface area contributed by atoms with Gasteiger partial charge in [-0.05, 0) is 68.7 Å². The monoisotopic (exact) mass is 730 g/mol. The molecule has 0 radical (unpaired) electrons. The topological polar surface area (TPSA) is 43.6 Å². The van der Waals surface area contributed by atoms with Gasteiger partial charge in [0, 0.05) is 53.3 Å². The normalized spacial score (nSPS) is 11.9. The molecule has 0 unspecified atom stereocenters. The maximum atomic E-state index is 5.41. The summed E-state index contributed by atoms with van der Waals surface area (Å²) in [6, 6.07) is 65.0. The van der Waals surface area contributed by atoms with Gasteiger partial charge >= 0.3 is 0 Å². The number of nitrogens with zero attached hydrogens (tertiary/aromatic N) is 4. The third-order valence-corrected chi connectivity index (χ3v) is 12.4. The van der Waals surface area contributed by atoms with Crippen molar-refractivity contribution in [3.63, 3.8) is 0 Å². The van der Waals surface area contributed by atoms with Crippen LogP contribution in [-0.2, 0) is 0 Å². The molecule has 3 heterocycles. The first-order valence-electron chi connectivity index (χ1n) is 18.9. The van der Waals surface area contributed by atoms with Crippen molar-refractivity contribution in [1.82, 2.24) is 19.5 Å². The lowest BCUT2D eigenvalue weighted by molar-refractivity contribution is 1.08. The fourth-order valence-corrected chi connectivity index (χ4v) is 9.81. The molecule has 0 atom stereocenters. The van der Waals surface area contributed by atoms with Crippen molar-refractivity contribution in [3.8, 4) is 39.9 Å². The molecule has 0 fully saturated rings. The average molecular weight is 731 g/mol. The van der Waals surface area contributed by atoms with Crippen LogP contribution in [0.4, 0.5) is 0 Å². The van der Waals surface area contributed by atoms with Crippen molar-refractivity contribution in [2.45, 2.75) is 0 Å². The summed E-state index contributed by atoms with van der Waals surface area (Å²) >= 11 is 1.80. The Hall–Kier alpha value is -7.21. The highest BCUT2D eigenvalue weighted by Gasteiger charge is 2.22. The van der Waals surface area contributed by atoms with Crippen LogP contribution in [0, 0.1) is 0 Å². The Morgan fingerprint density at radius 2 is 0.857 bits per heavy atom. The minimum Gasteiger partial charge on any atom is -0.309 e. The fourth-order valence-electron chi connectivity index (χ4n) is 8.62. The minimum absolute atomic E-state index is 0.649. The number of thiophene rings is 1. The van der Waals surface area contributed by atoms with Crippen molar-refractivity contribution in [2.75, 3.05) is 0 Å². The number of para-hydroxylation sites is 1. The van der Waals surface area contributed by atoms with Gasteiger partial charge in [0.15, 0.2) is 17.5 Å². The Balaban J connectivity index is 1.20. The summed E-state index contributed by atoms with van der Waals surface area (Å²) in [5.74, 6) is 1.95. The minimum atomic E-state index is 0.649. The van der Waals surface area contributed by atoms with Crippen molar-refractivity contribution in [1.29, 1.82) is 0 Å². The molecule has 12 aromatic rings. The zero-order chi connectivity index (χ0) is 36.7. The number of benzene rings is 9. The zero-order valence-electron chi connectivity index (χ0n) is 30.0. The van der Waals surface area contributed by atoms with Gasteiger partial charge in [0.05, 0.1) is 11.0 Å². The van der Waals surface area contributed by atoms with Crippen LogP contribution in [0.15, 0.2) is 182 Å². The molecule has 4 nitrogen and oxygen atoms in total. The number of hydrogen-bond acceptors (Lipinski definition) is 4. The van der Waals surface area contributed by atoms with Gasteiger partial charge in [0.25, 0.3) is 0 Å². The molecule has 0 bridgehead atoms. The summed E-state index contributed by atoms with van der Waals surface area (Å²) in [5, 5.41) is 11.8. The molecule has 0 aliphatic heterocycles. The zero-order valence-corrected chi connectivity index (χ0v) is 30.8. The molecular weight excluding hydrogens is 701 g/mol. The van der Waals surface area contributed by atoms with Crippen LogP contribution in [0.5, 0.6) is 0 Å². The first kappa shape index (κ1) is 31.2. The Morgan fingerprint density at radius 1 is 0.339 bits per heavy atom. The third kappa shape index (κ3) is 4.75. The van der Waals surface area contributed by atoms with Gasteiger partial charge in [0.1, 0.15) is 0 Å². The molecule has 12 rings (SSSR count). The predicted octanol–water partition coefficient (Wildman–Crippen LogP) is 13.8. The summed E-state index contributed by atoms with van der Waals surface area (Å²) in [5.41, 5.74) is 6.33. The number of aromatic nitrogens is 4. The Morgan fingerprint density at radius 3 is 1.54 bits per heavy atom. The van der Waals surface area contributed by atoms with Crippen molar-refractivity contribution < 1.29 is 0 Å². The highest BCUT2D eigenvalue weighted by atomic mass is 32.1. The van der Waals surface area contributed by atoms with Gasteiger partial charge in [-0.15, -0.1) is 11.3 Å². The Labute approximate surface area is 325 Å². The molecule has 0 aliphatic carbocycles. The van der Waals surface area contributed by atoms with E-state index in [2.05, 4.69) is 187 Å². The molecule has 0 N–H and O–H groups in total. The smallest absolute Gasteiger partial charge is 0.165 e. The molecule has 0 spiro atoms. The van der Waals surface area contributed by atoms with E-state index in [9.17, 15) is 0 Å². The van der Waals surface area contributed by atoms with Crippen molar-refractivity contribution in [2.24, 2.45) is 0 Å². The van der Waals surface area contributed by atoms with Crippen molar-refractivity contribution >= 4 is 85.6 Å². The second-order valence-corrected chi connectivity index (χ2v) is 15.4. The SMILES string of the molecule is c1ccc2cc3c(cc2c1)c1ccccc1n3-c1cc(-c2nc(-c3cccc4ccccc34)nc(-c3cccc4ccccc34)n2)c2sc3ccccc3c2c1. The van der Waals surface area contributed by atoms with Crippen LogP contribution in [0.25, 0.3) is 114 Å². The molecular formula is C51H30N4S. The second kappa shape index (κ2) is 12.2. The highest BCUT2D eigenvalue weighted by Crippen LogP contribution is 2.44. The van der Waals surface area contributed by atoms with E-state index in [4.69, 9.17) is 15.0 Å². The number of fused-ring (bicyclic) bond motifs is 9. The quantitative estimate of drug-likeness (QED) is 0.181. The van der Waals surface area contributed by atoms with Gasteiger partial charge in [-0.1, -0.05) is 146 Å². The molecule has 260 valence electrons.